The van der Waals surface area contributed by atoms with Crippen molar-refractivity contribution in [2.24, 2.45) is 0 Å². The normalized spacial score (nSPS) is 18.9. The molecule has 1 aliphatic heterocycles. The number of likely N-dealkylation sites (tertiary alicyclic amines) is 1. The lowest BCUT2D eigenvalue weighted by molar-refractivity contribution is 0.000880. The summed E-state index contributed by atoms with van der Waals surface area (Å²) in [5, 5.41) is 8.70. The summed E-state index contributed by atoms with van der Waals surface area (Å²) in [5.41, 5.74) is -1.67. The fraction of sp³-hybridized carbons (Fsp3) is 0.933. The van der Waals surface area contributed by atoms with Crippen molar-refractivity contribution < 1.29 is 19.0 Å². The molecule has 0 bridgehead atoms. The van der Waals surface area contributed by atoms with E-state index < -0.39 is 11.3 Å². The number of piperidine rings is 1. The number of hydrogen-bond donors (Lipinski definition) is 1. The summed E-state index contributed by atoms with van der Waals surface area (Å²) in [4.78, 5) is 13.5. The number of aliphatic hydroxyl groups excluding tert-OH is 1. The molecule has 0 aromatic heterocycles. The number of alkyl halides is 1. The monoisotopic (exact) mass is 289 g/mol. The summed E-state index contributed by atoms with van der Waals surface area (Å²) in [6, 6.07) is 0. The second kappa shape index (κ2) is 7.25. The Morgan fingerprint density at radius 2 is 1.85 bits per heavy atom. The van der Waals surface area contributed by atoms with Crippen molar-refractivity contribution >= 4 is 6.09 Å². The van der Waals surface area contributed by atoms with Gasteiger partial charge in [0.2, 0.25) is 0 Å². The van der Waals surface area contributed by atoms with Gasteiger partial charge < -0.3 is 14.7 Å². The van der Waals surface area contributed by atoms with Crippen molar-refractivity contribution in [2.45, 2.75) is 70.6 Å². The van der Waals surface area contributed by atoms with Crippen molar-refractivity contribution in [3.05, 3.63) is 0 Å². The van der Waals surface area contributed by atoms with Crippen LogP contribution in [-0.2, 0) is 4.74 Å². The van der Waals surface area contributed by atoms with Crippen LogP contribution in [0.25, 0.3) is 0 Å². The van der Waals surface area contributed by atoms with Crippen LogP contribution < -0.4 is 0 Å². The van der Waals surface area contributed by atoms with Gasteiger partial charge in [0.05, 0.1) is 0 Å². The number of rotatable bonds is 5. The summed E-state index contributed by atoms with van der Waals surface area (Å²) in [5.74, 6) is 0. The topological polar surface area (TPSA) is 49.8 Å². The summed E-state index contributed by atoms with van der Waals surface area (Å²) in [7, 11) is 0. The molecule has 0 radical (unpaired) electrons. The fourth-order valence-corrected chi connectivity index (χ4v) is 2.40. The van der Waals surface area contributed by atoms with Gasteiger partial charge in [-0.05, 0) is 46.5 Å². The summed E-state index contributed by atoms with van der Waals surface area (Å²) in [6.45, 7) is 6.50. The zero-order chi connectivity index (χ0) is 15.2. The molecule has 0 unspecified atom stereocenters. The molecule has 20 heavy (non-hydrogen) atoms. The molecule has 118 valence electrons. The van der Waals surface area contributed by atoms with Gasteiger partial charge in [0.25, 0.3) is 0 Å². The van der Waals surface area contributed by atoms with E-state index in [0.717, 1.165) is 19.3 Å². The molecular weight excluding hydrogens is 261 g/mol. The Morgan fingerprint density at radius 3 is 2.35 bits per heavy atom. The second-order valence-electron chi connectivity index (χ2n) is 6.65. The van der Waals surface area contributed by atoms with Crippen LogP contribution in [0.1, 0.15) is 59.3 Å². The molecule has 0 aliphatic carbocycles. The number of halogens is 1. The first-order valence-corrected chi connectivity index (χ1v) is 7.53. The third-order valence-electron chi connectivity index (χ3n) is 3.59. The first kappa shape index (κ1) is 17.2. The van der Waals surface area contributed by atoms with Gasteiger partial charge in [-0.2, -0.15) is 0 Å². The Bertz CT molecular complexity index is 307. The molecule has 0 atom stereocenters. The number of ether oxygens (including phenoxy) is 1. The first-order valence-electron chi connectivity index (χ1n) is 7.53. The van der Waals surface area contributed by atoms with E-state index in [1.54, 1.807) is 4.90 Å². The van der Waals surface area contributed by atoms with E-state index in [2.05, 4.69) is 0 Å². The van der Waals surface area contributed by atoms with E-state index in [9.17, 15) is 9.18 Å². The Morgan fingerprint density at radius 1 is 1.25 bits per heavy atom. The zero-order valence-electron chi connectivity index (χ0n) is 13.0. The molecule has 0 saturated carbocycles. The first-order chi connectivity index (χ1) is 9.26. The van der Waals surface area contributed by atoms with Crippen molar-refractivity contribution in [3.8, 4) is 0 Å². The minimum Gasteiger partial charge on any atom is -0.444 e. The second-order valence-corrected chi connectivity index (χ2v) is 6.65. The summed E-state index contributed by atoms with van der Waals surface area (Å²) < 4.78 is 19.8. The number of amides is 1. The van der Waals surface area contributed by atoms with E-state index in [1.807, 2.05) is 20.8 Å². The van der Waals surface area contributed by atoms with E-state index in [0.29, 0.717) is 32.4 Å². The lowest BCUT2D eigenvalue weighted by Crippen LogP contribution is -2.46. The van der Waals surface area contributed by atoms with Crippen molar-refractivity contribution in [3.63, 3.8) is 0 Å². The minimum absolute atomic E-state index is 0.172. The smallest absolute Gasteiger partial charge is 0.410 e. The van der Waals surface area contributed by atoms with Crippen LogP contribution in [0.3, 0.4) is 0 Å². The SMILES string of the molecule is CC(C)(C)OC(=O)N1CCC(F)(CCCCCO)CC1. The van der Waals surface area contributed by atoms with E-state index >= 15 is 0 Å². The Labute approximate surface area is 121 Å². The lowest BCUT2D eigenvalue weighted by Gasteiger charge is -2.37. The predicted octanol–water partition coefficient (Wildman–Crippen LogP) is 3.28. The van der Waals surface area contributed by atoms with Crippen molar-refractivity contribution in [2.75, 3.05) is 19.7 Å². The minimum atomic E-state index is -1.16. The predicted molar refractivity (Wildman–Crippen MR) is 76.4 cm³/mol. The van der Waals surface area contributed by atoms with Gasteiger partial charge in [0.1, 0.15) is 11.3 Å². The van der Waals surface area contributed by atoms with Crippen LogP contribution in [0.5, 0.6) is 0 Å². The maximum atomic E-state index is 14.5. The molecule has 1 rings (SSSR count). The van der Waals surface area contributed by atoms with Gasteiger partial charge in [0.15, 0.2) is 0 Å². The van der Waals surface area contributed by atoms with Crippen molar-refractivity contribution in [1.82, 2.24) is 4.90 Å². The highest BCUT2D eigenvalue weighted by atomic mass is 19.1. The highest BCUT2D eigenvalue weighted by Gasteiger charge is 2.36. The molecule has 0 aromatic carbocycles. The summed E-state index contributed by atoms with van der Waals surface area (Å²) >= 11 is 0. The highest BCUT2D eigenvalue weighted by Crippen LogP contribution is 2.32. The lowest BCUT2D eigenvalue weighted by atomic mass is 9.88. The largest absolute Gasteiger partial charge is 0.444 e. The average molecular weight is 289 g/mol. The molecule has 1 N–H and O–H groups in total. The molecule has 0 aromatic rings. The Balaban J connectivity index is 2.33. The zero-order valence-corrected chi connectivity index (χ0v) is 13.0. The number of carbonyl (C=O) groups excluding carboxylic acids is 1. The third kappa shape index (κ3) is 6.07. The number of hydrogen-bond acceptors (Lipinski definition) is 3. The molecule has 1 aliphatic rings. The van der Waals surface area contributed by atoms with E-state index in [-0.39, 0.29) is 12.7 Å². The number of aliphatic hydroxyl groups is 1. The van der Waals surface area contributed by atoms with Gasteiger partial charge in [-0.15, -0.1) is 0 Å². The van der Waals surface area contributed by atoms with Crippen molar-refractivity contribution in [1.29, 1.82) is 0 Å². The van der Waals surface area contributed by atoms with E-state index in [1.165, 1.54) is 0 Å². The highest BCUT2D eigenvalue weighted by molar-refractivity contribution is 5.68. The molecule has 1 fully saturated rings. The van der Waals surface area contributed by atoms with E-state index in [4.69, 9.17) is 9.84 Å². The van der Waals surface area contributed by atoms with Crippen LogP contribution in [0.15, 0.2) is 0 Å². The van der Waals surface area contributed by atoms with Gasteiger partial charge >= 0.3 is 6.09 Å². The van der Waals surface area contributed by atoms with Crippen LogP contribution in [0.4, 0.5) is 9.18 Å². The Hall–Kier alpha value is -0.840. The Kier molecular flexibility index (Phi) is 6.24. The quantitative estimate of drug-likeness (QED) is 0.790. The molecule has 5 heteroatoms. The maximum absolute atomic E-state index is 14.5. The van der Waals surface area contributed by atoms with Crippen LogP contribution >= 0.6 is 0 Å². The molecule has 4 nitrogen and oxygen atoms in total. The van der Waals surface area contributed by atoms with Gasteiger partial charge in [0, 0.05) is 19.7 Å². The van der Waals surface area contributed by atoms with Crippen LogP contribution in [0, 0.1) is 0 Å². The molecule has 1 heterocycles. The molecule has 0 spiro atoms. The molecular formula is C15H28FNO3. The summed E-state index contributed by atoms with van der Waals surface area (Å²) in [6.07, 6.45) is 3.33. The number of unbranched alkanes of at least 4 members (excludes halogenated alkanes) is 2. The molecule has 1 saturated heterocycles. The van der Waals surface area contributed by atoms with Crippen LogP contribution in [-0.4, -0.2) is 47.1 Å². The maximum Gasteiger partial charge on any atom is 0.410 e. The van der Waals surface area contributed by atoms with Gasteiger partial charge in [-0.25, -0.2) is 9.18 Å². The fourth-order valence-electron chi connectivity index (χ4n) is 2.40. The standard InChI is InChI=1S/C15H28FNO3/c1-14(2,3)20-13(19)17-10-8-15(16,9-11-17)7-5-4-6-12-18/h18H,4-12H2,1-3H3. The number of nitrogens with zero attached hydrogens (tertiary/aromatic N) is 1. The molecule has 1 amide bonds. The number of carbonyl (C=O) groups is 1. The van der Waals surface area contributed by atoms with Crippen LogP contribution in [0.2, 0.25) is 0 Å². The third-order valence-corrected chi connectivity index (χ3v) is 3.59. The average Bonchev–Trinajstić information content (AvgIpc) is 2.33. The van der Waals surface area contributed by atoms with Gasteiger partial charge in [-0.3, -0.25) is 0 Å². The van der Waals surface area contributed by atoms with Gasteiger partial charge in [-0.1, -0.05) is 12.8 Å².